The van der Waals surface area contributed by atoms with Crippen LogP contribution in [0.3, 0.4) is 0 Å². The highest BCUT2D eigenvalue weighted by atomic mass is 19.3. The van der Waals surface area contributed by atoms with Crippen molar-refractivity contribution >= 4 is 17.7 Å². The monoisotopic (exact) mass is 532 g/mol. The number of alkyl halides is 2. The third kappa shape index (κ3) is 9.59. The second kappa shape index (κ2) is 14.1. The maximum Gasteiger partial charge on any atom is 0.333 e. The Morgan fingerprint density at radius 1 is 1.08 bits per heavy atom. The number of ether oxygens (including phenoxy) is 2. The standard InChI is InChI=1S/C29H38F2N2O5/c1-3-37-26(27(34)35)19-21-9-13-25(14-10-21)38-18-17-33(16-5-4-15-29(2,30)31)28(36)32-24-12-11-22-7-6-8-23(22)20-24/h9-14,20,26H,3-8,15-19H2,1-2H3,(H,32,36)(H,34,35). The molecule has 2 N–H and O–H groups in total. The summed E-state index contributed by atoms with van der Waals surface area (Å²) < 4.78 is 37.5. The number of nitrogens with zero attached hydrogens (tertiary/aromatic N) is 1. The molecule has 0 saturated carbocycles. The van der Waals surface area contributed by atoms with Crippen LogP contribution in [-0.4, -0.2) is 60.3 Å². The van der Waals surface area contributed by atoms with Gasteiger partial charge in [0.05, 0.1) is 6.54 Å². The predicted octanol–water partition coefficient (Wildman–Crippen LogP) is 5.95. The number of halogens is 2. The zero-order chi connectivity index (χ0) is 27.5. The molecule has 0 bridgehead atoms. The lowest BCUT2D eigenvalue weighted by molar-refractivity contribution is -0.149. The first-order valence-electron chi connectivity index (χ1n) is 13.3. The Bertz CT molecular complexity index is 1060. The van der Waals surface area contributed by atoms with Gasteiger partial charge in [0.25, 0.3) is 0 Å². The van der Waals surface area contributed by atoms with Gasteiger partial charge in [-0.2, -0.15) is 0 Å². The van der Waals surface area contributed by atoms with Crippen LogP contribution in [0.2, 0.25) is 0 Å². The van der Waals surface area contributed by atoms with E-state index in [1.165, 1.54) is 11.1 Å². The molecule has 38 heavy (non-hydrogen) atoms. The molecule has 0 spiro atoms. The average molecular weight is 533 g/mol. The number of urea groups is 1. The molecule has 0 aliphatic heterocycles. The third-order valence-electron chi connectivity index (χ3n) is 6.55. The first-order chi connectivity index (χ1) is 18.1. The van der Waals surface area contributed by atoms with E-state index in [4.69, 9.17) is 9.47 Å². The van der Waals surface area contributed by atoms with E-state index in [9.17, 15) is 23.5 Å². The molecule has 0 saturated heterocycles. The average Bonchev–Trinajstić information content (AvgIpc) is 3.33. The summed E-state index contributed by atoms with van der Waals surface area (Å²) in [5.74, 6) is -3.14. The topological polar surface area (TPSA) is 88.1 Å². The minimum atomic E-state index is -2.72. The number of carbonyl (C=O) groups excluding carboxylic acids is 1. The lowest BCUT2D eigenvalue weighted by Gasteiger charge is -2.24. The first kappa shape index (κ1) is 29.4. The summed E-state index contributed by atoms with van der Waals surface area (Å²) in [6.07, 6.45) is 3.07. The molecule has 7 nitrogen and oxygen atoms in total. The van der Waals surface area contributed by atoms with Gasteiger partial charge in [-0.25, -0.2) is 18.4 Å². The maximum atomic E-state index is 13.2. The van der Waals surface area contributed by atoms with Gasteiger partial charge in [-0.3, -0.25) is 0 Å². The van der Waals surface area contributed by atoms with Crippen LogP contribution in [0.1, 0.15) is 56.2 Å². The number of aliphatic carboxylic acids is 1. The molecular formula is C29H38F2N2O5. The number of aryl methyl sites for hydroxylation is 2. The maximum absolute atomic E-state index is 13.2. The Hall–Kier alpha value is -3.20. The van der Waals surface area contributed by atoms with Gasteiger partial charge in [0.2, 0.25) is 5.92 Å². The molecule has 1 aliphatic rings. The summed E-state index contributed by atoms with van der Waals surface area (Å²) in [7, 11) is 0. The SMILES string of the molecule is CCOC(Cc1ccc(OCCN(CCCCC(C)(F)F)C(=O)Nc2ccc3c(c2)CCC3)cc1)C(=O)O. The van der Waals surface area contributed by atoms with Gasteiger partial charge in [-0.15, -0.1) is 0 Å². The molecule has 0 fully saturated rings. The molecule has 0 radical (unpaired) electrons. The van der Waals surface area contributed by atoms with Crippen LogP contribution in [-0.2, 0) is 28.8 Å². The van der Waals surface area contributed by atoms with Gasteiger partial charge in [-0.1, -0.05) is 18.2 Å². The predicted molar refractivity (Wildman–Crippen MR) is 142 cm³/mol. The summed E-state index contributed by atoms with van der Waals surface area (Å²) in [6.45, 7) is 3.81. The van der Waals surface area contributed by atoms with Crippen molar-refractivity contribution in [2.45, 2.75) is 70.8 Å². The number of carboxylic acids is 1. The highest BCUT2D eigenvalue weighted by Crippen LogP contribution is 2.25. The van der Waals surface area contributed by atoms with Crippen molar-refractivity contribution in [1.82, 2.24) is 4.90 Å². The number of nitrogens with one attached hydrogen (secondary N) is 1. The Kier molecular flexibility index (Phi) is 10.9. The first-order valence-corrected chi connectivity index (χ1v) is 13.3. The fourth-order valence-corrected chi connectivity index (χ4v) is 4.53. The number of benzene rings is 2. The summed E-state index contributed by atoms with van der Waals surface area (Å²) in [6, 6.07) is 12.7. The van der Waals surface area contributed by atoms with E-state index in [0.717, 1.165) is 37.4 Å². The van der Waals surface area contributed by atoms with Crippen LogP contribution in [0.15, 0.2) is 42.5 Å². The molecule has 208 valence electrons. The van der Waals surface area contributed by atoms with Crippen molar-refractivity contribution in [1.29, 1.82) is 0 Å². The molecular weight excluding hydrogens is 494 g/mol. The van der Waals surface area contributed by atoms with Gasteiger partial charge in [0.15, 0.2) is 6.10 Å². The van der Waals surface area contributed by atoms with E-state index in [2.05, 4.69) is 5.32 Å². The lowest BCUT2D eigenvalue weighted by atomic mass is 10.1. The van der Waals surface area contributed by atoms with E-state index < -0.39 is 18.0 Å². The zero-order valence-electron chi connectivity index (χ0n) is 22.2. The summed E-state index contributed by atoms with van der Waals surface area (Å²) in [5.41, 5.74) is 4.10. The quantitative estimate of drug-likeness (QED) is 0.277. The summed E-state index contributed by atoms with van der Waals surface area (Å²) in [4.78, 5) is 26.0. The number of hydrogen-bond acceptors (Lipinski definition) is 4. The van der Waals surface area contributed by atoms with Gasteiger partial charge >= 0.3 is 12.0 Å². The number of rotatable bonds is 15. The van der Waals surface area contributed by atoms with Crippen molar-refractivity contribution in [3.8, 4) is 5.75 Å². The summed E-state index contributed by atoms with van der Waals surface area (Å²) in [5, 5.41) is 12.2. The van der Waals surface area contributed by atoms with E-state index in [1.54, 1.807) is 36.1 Å². The van der Waals surface area contributed by atoms with Crippen LogP contribution in [0.5, 0.6) is 5.75 Å². The molecule has 0 heterocycles. The van der Waals surface area contributed by atoms with E-state index in [-0.39, 0.29) is 32.0 Å². The molecule has 1 aliphatic carbocycles. The molecule has 2 amide bonds. The smallest absolute Gasteiger partial charge is 0.333 e. The van der Waals surface area contributed by atoms with Crippen LogP contribution < -0.4 is 10.1 Å². The minimum Gasteiger partial charge on any atom is -0.492 e. The van der Waals surface area contributed by atoms with Gasteiger partial charge < -0.3 is 24.8 Å². The van der Waals surface area contributed by atoms with Crippen molar-refractivity contribution in [2.24, 2.45) is 0 Å². The van der Waals surface area contributed by atoms with Crippen molar-refractivity contribution in [3.05, 3.63) is 59.2 Å². The fraction of sp³-hybridized carbons (Fsp3) is 0.517. The van der Waals surface area contributed by atoms with Gasteiger partial charge in [0, 0.05) is 31.7 Å². The Morgan fingerprint density at radius 2 is 1.82 bits per heavy atom. The highest BCUT2D eigenvalue weighted by molar-refractivity contribution is 5.89. The molecule has 2 aromatic rings. The zero-order valence-corrected chi connectivity index (χ0v) is 22.2. The molecule has 0 aromatic heterocycles. The number of hydrogen-bond donors (Lipinski definition) is 2. The van der Waals surface area contributed by atoms with E-state index in [0.29, 0.717) is 31.7 Å². The Morgan fingerprint density at radius 3 is 2.50 bits per heavy atom. The number of unbranched alkanes of at least 4 members (excludes halogenated alkanes) is 1. The van der Waals surface area contributed by atoms with Crippen molar-refractivity contribution in [3.63, 3.8) is 0 Å². The van der Waals surface area contributed by atoms with Crippen LogP contribution >= 0.6 is 0 Å². The van der Waals surface area contributed by atoms with Gasteiger partial charge in [0.1, 0.15) is 12.4 Å². The normalized spacial score (nSPS) is 13.6. The van der Waals surface area contributed by atoms with Crippen molar-refractivity contribution < 1.29 is 33.0 Å². The van der Waals surface area contributed by atoms with E-state index in [1.807, 2.05) is 18.2 Å². The number of anilines is 1. The lowest BCUT2D eigenvalue weighted by Crippen LogP contribution is -2.38. The van der Waals surface area contributed by atoms with Gasteiger partial charge in [-0.05, 0) is 86.9 Å². The number of carboxylic acid groups (broad SMARTS) is 1. The summed E-state index contributed by atoms with van der Waals surface area (Å²) >= 11 is 0. The Labute approximate surface area is 223 Å². The second-order valence-electron chi connectivity index (χ2n) is 9.76. The second-order valence-corrected chi connectivity index (χ2v) is 9.76. The van der Waals surface area contributed by atoms with Crippen LogP contribution in [0.4, 0.5) is 19.3 Å². The molecule has 1 unspecified atom stereocenters. The number of fused-ring (bicyclic) bond motifs is 1. The third-order valence-corrected chi connectivity index (χ3v) is 6.55. The fourth-order valence-electron chi connectivity index (χ4n) is 4.53. The van der Waals surface area contributed by atoms with Crippen LogP contribution in [0, 0.1) is 0 Å². The minimum absolute atomic E-state index is 0.220. The molecule has 3 rings (SSSR count). The van der Waals surface area contributed by atoms with E-state index >= 15 is 0 Å². The highest BCUT2D eigenvalue weighted by Gasteiger charge is 2.21. The molecule has 1 atom stereocenters. The Balaban J connectivity index is 1.55. The number of amides is 2. The van der Waals surface area contributed by atoms with Crippen molar-refractivity contribution in [2.75, 3.05) is 31.6 Å². The number of carbonyl (C=O) groups is 2. The molecule has 9 heteroatoms. The largest absolute Gasteiger partial charge is 0.492 e. The molecule has 2 aromatic carbocycles. The van der Waals surface area contributed by atoms with Crippen LogP contribution in [0.25, 0.3) is 0 Å².